The lowest BCUT2D eigenvalue weighted by atomic mass is 10.1. The van der Waals surface area contributed by atoms with Gasteiger partial charge < -0.3 is 25.0 Å². The first-order valence-electron chi connectivity index (χ1n) is 9.78. The Morgan fingerprint density at radius 2 is 2.11 bits per heavy atom. The van der Waals surface area contributed by atoms with Gasteiger partial charge in [-0.25, -0.2) is 4.99 Å². The number of amides is 1. The van der Waals surface area contributed by atoms with Crippen molar-refractivity contribution in [2.75, 3.05) is 38.2 Å². The summed E-state index contributed by atoms with van der Waals surface area (Å²) in [6.07, 6.45) is 2.49. The van der Waals surface area contributed by atoms with Crippen LogP contribution < -0.4 is 10.6 Å². The smallest absolute Gasteiger partial charge is 0.221 e. The molecule has 2 fully saturated rings. The average molecular weight is 502 g/mol. The molecule has 2 N–H and O–H groups in total. The average Bonchev–Trinajstić information content (AvgIpc) is 3.20. The molecule has 0 saturated carbocycles. The lowest BCUT2D eigenvalue weighted by molar-refractivity contribution is -0.114. The lowest BCUT2D eigenvalue weighted by Crippen LogP contribution is -2.53. The molecule has 1 aromatic carbocycles. The topological polar surface area (TPSA) is 75.2 Å². The Morgan fingerprint density at radius 3 is 2.82 bits per heavy atom. The Labute approximate surface area is 184 Å². The van der Waals surface area contributed by atoms with Crippen molar-refractivity contribution in [3.05, 3.63) is 29.8 Å². The van der Waals surface area contributed by atoms with E-state index in [0.717, 1.165) is 56.3 Å². The summed E-state index contributed by atoms with van der Waals surface area (Å²) in [7, 11) is 0. The van der Waals surface area contributed by atoms with Crippen LogP contribution in [0.4, 0.5) is 5.69 Å². The molecule has 28 heavy (non-hydrogen) atoms. The standard InChI is InChI=1S/C20H30N4O3.HI/c1-3-21-20(22-13-16-6-4-7-17(12-16)23-15(2)25)24-9-11-27-19(14-24)18-8-5-10-26-18;/h4,6-7,12,18-19H,3,5,8-11,13-14H2,1-2H3,(H,21,22)(H,23,25);1H. The number of guanidine groups is 1. The molecule has 2 saturated heterocycles. The number of morpholine rings is 1. The molecule has 2 unspecified atom stereocenters. The van der Waals surface area contributed by atoms with Crippen LogP contribution >= 0.6 is 24.0 Å². The zero-order valence-electron chi connectivity index (χ0n) is 16.6. The molecule has 0 spiro atoms. The van der Waals surface area contributed by atoms with Gasteiger partial charge in [-0.05, 0) is 37.5 Å². The minimum Gasteiger partial charge on any atom is -0.375 e. The molecule has 2 heterocycles. The molecular weight excluding hydrogens is 471 g/mol. The molecule has 1 aromatic rings. The number of rotatable bonds is 5. The number of carbonyl (C=O) groups excluding carboxylic acids is 1. The highest BCUT2D eigenvalue weighted by Gasteiger charge is 2.32. The number of carbonyl (C=O) groups is 1. The van der Waals surface area contributed by atoms with E-state index in [-0.39, 0.29) is 42.1 Å². The van der Waals surface area contributed by atoms with Gasteiger partial charge in [0.15, 0.2) is 5.96 Å². The van der Waals surface area contributed by atoms with E-state index >= 15 is 0 Å². The zero-order valence-corrected chi connectivity index (χ0v) is 19.0. The van der Waals surface area contributed by atoms with Crippen molar-refractivity contribution >= 4 is 41.5 Å². The van der Waals surface area contributed by atoms with Crippen LogP contribution in [0.1, 0.15) is 32.3 Å². The van der Waals surface area contributed by atoms with Crippen LogP contribution in [0, 0.1) is 0 Å². The van der Waals surface area contributed by atoms with Crippen LogP contribution in [0.3, 0.4) is 0 Å². The third kappa shape index (κ3) is 6.59. The zero-order chi connectivity index (χ0) is 19.1. The molecule has 156 valence electrons. The van der Waals surface area contributed by atoms with Crippen molar-refractivity contribution < 1.29 is 14.3 Å². The normalized spacial score (nSPS) is 22.5. The van der Waals surface area contributed by atoms with E-state index in [1.807, 2.05) is 24.3 Å². The molecule has 0 radical (unpaired) electrons. The quantitative estimate of drug-likeness (QED) is 0.368. The maximum absolute atomic E-state index is 11.2. The molecule has 8 heteroatoms. The number of nitrogens with zero attached hydrogens (tertiary/aromatic N) is 2. The van der Waals surface area contributed by atoms with E-state index in [2.05, 4.69) is 22.5 Å². The number of aliphatic imine (C=N–C) groups is 1. The van der Waals surface area contributed by atoms with E-state index in [1.165, 1.54) is 6.92 Å². The van der Waals surface area contributed by atoms with E-state index < -0.39 is 0 Å². The third-order valence-electron chi connectivity index (χ3n) is 4.77. The molecule has 1 amide bonds. The van der Waals surface area contributed by atoms with Crippen molar-refractivity contribution in [2.24, 2.45) is 4.99 Å². The number of benzene rings is 1. The van der Waals surface area contributed by atoms with Gasteiger partial charge in [0, 0.05) is 38.9 Å². The van der Waals surface area contributed by atoms with Crippen LogP contribution in [-0.4, -0.2) is 61.8 Å². The van der Waals surface area contributed by atoms with Gasteiger partial charge in [0.05, 0.1) is 19.3 Å². The van der Waals surface area contributed by atoms with E-state index in [1.54, 1.807) is 0 Å². The Balaban J connectivity index is 0.00000280. The molecule has 2 atom stereocenters. The molecular formula is C20H31IN4O3. The number of ether oxygens (including phenoxy) is 2. The first kappa shape index (κ1) is 22.9. The first-order valence-corrected chi connectivity index (χ1v) is 9.78. The van der Waals surface area contributed by atoms with E-state index in [9.17, 15) is 4.79 Å². The van der Waals surface area contributed by atoms with E-state index in [0.29, 0.717) is 13.2 Å². The van der Waals surface area contributed by atoms with Crippen molar-refractivity contribution in [3.8, 4) is 0 Å². The number of halogens is 1. The Bertz CT molecular complexity index is 665. The van der Waals surface area contributed by atoms with Gasteiger partial charge in [-0.15, -0.1) is 24.0 Å². The Morgan fingerprint density at radius 1 is 1.29 bits per heavy atom. The summed E-state index contributed by atoms with van der Waals surface area (Å²) >= 11 is 0. The van der Waals surface area contributed by atoms with Gasteiger partial charge in [-0.1, -0.05) is 12.1 Å². The maximum atomic E-state index is 11.2. The van der Waals surface area contributed by atoms with Gasteiger partial charge in [0.25, 0.3) is 0 Å². The van der Waals surface area contributed by atoms with Gasteiger partial charge >= 0.3 is 0 Å². The van der Waals surface area contributed by atoms with Crippen molar-refractivity contribution in [3.63, 3.8) is 0 Å². The largest absolute Gasteiger partial charge is 0.375 e. The van der Waals surface area contributed by atoms with Gasteiger partial charge in [0.2, 0.25) is 5.91 Å². The fourth-order valence-electron chi connectivity index (χ4n) is 3.53. The van der Waals surface area contributed by atoms with Crippen LogP contribution in [0.2, 0.25) is 0 Å². The maximum Gasteiger partial charge on any atom is 0.221 e. The van der Waals surface area contributed by atoms with Crippen molar-refractivity contribution in [1.82, 2.24) is 10.2 Å². The Kier molecular flexibility index (Phi) is 9.46. The Hall–Kier alpha value is -1.39. The minimum absolute atomic E-state index is 0. The second kappa shape index (κ2) is 11.6. The van der Waals surface area contributed by atoms with Gasteiger partial charge in [-0.3, -0.25) is 4.79 Å². The summed E-state index contributed by atoms with van der Waals surface area (Å²) in [5.74, 6) is 0.825. The molecule has 3 rings (SSSR count). The summed E-state index contributed by atoms with van der Waals surface area (Å²) in [6, 6.07) is 7.80. The number of anilines is 1. The second-order valence-electron chi connectivity index (χ2n) is 6.96. The fraction of sp³-hybridized carbons (Fsp3) is 0.600. The highest BCUT2D eigenvalue weighted by atomic mass is 127. The molecule has 0 aromatic heterocycles. The minimum atomic E-state index is -0.0718. The molecule has 2 aliphatic rings. The summed E-state index contributed by atoms with van der Waals surface area (Å²) in [4.78, 5) is 18.3. The summed E-state index contributed by atoms with van der Waals surface area (Å²) in [5, 5.41) is 6.20. The molecule has 7 nitrogen and oxygen atoms in total. The van der Waals surface area contributed by atoms with Crippen LogP contribution in [0.15, 0.2) is 29.3 Å². The number of nitrogens with one attached hydrogen (secondary N) is 2. The van der Waals surface area contributed by atoms with Crippen molar-refractivity contribution in [2.45, 2.75) is 45.4 Å². The van der Waals surface area contributed by atoms with Crippen molar-refractivity contribution in [1.29, 1.82) is 0 Å². The van der Waals surface area contributed by atoms with E-state index in [4.69, 9.17) is 14.5 Å². The van der Waals surface area contributed by atoms with Crippen LogP contribution in [0.5, 0.6) is 0 Å². The highest BCUT2D eigenvalue weighted by Crippen LogP contribution is 2.21. The molecule has 0 bridgehead atoms. The predicted octanol–water partition coefficient (Wildman–Crippen LogP) is 2.61. The second-order valence-corrected chi connectivity index (χ2v) is 6.96. The van der Waals surface area contributed by atoms with Gasteiger partial charge in [0.1, 0.15) is 6.10 Å². The molecule has 2 aliphatic heterocycles. The number of hydrogen-bond acceptors (Lipinski definition) is 4. The first-order chi connectivity index (χ1) is 13.2. The SMILES string of the molecule is CCNC(=NCc1cccc(NC(C)=O)c1)N1CCOC(C2CCCO2)C1.I. The van der Waals surface area contributed by atoms with Gasteiger partial charge in [-0.2, -0.15) is 0 Å². The monoisotopic (exact) mass is 502 g/mol. The summed E-state index contributed by atoms with van der Waals surface area (Å²) in [5.41, 5.74) is 1.85. The van der Waals surface area contributed by atoms with Crippen LogP contribution in [0.25, 0.3) is 0 Å². The summed E-state index contributed by atoms with van der Waals surface area (Å²) in [6.45, 7) is 8.09. The third-order valence-corrected chi connectivity index (χ3v) is 4.77. The number of hydrogen-bond donors (Lipinski definition) is 2. The lowest BCUT2D eigenvalue weighted by Gasteiger charge is -2.37. The molecule has 0 aliphatic carbocycles. The summed E-state index contributed by atoms with van der Waals surface area (Å²) < 4.78 is 11.8. The van der Waals surface area contributed by atoms with Crippen LogP contribution in [-0.2, 0) is 20.8 Å². The predicted molar refractivity (Wildman–Crippen MR) is 121 cm³/mol. The highest BCUT2D eigenvalue weighted by molar-refractivity contribution is 14.0. The fourth-order valence-corrected chi connectivity index (χ4v) is 3.53.